The summed E-state index contributed by atoms with van der Waals surface area (Å²) in [6.07, 6.45) is 5.27. The van der Waals surface area contributed by atoms with Crippen molar-refractivity contribution in [3.05, 3.63) is 71.0 Å². The van der Waals surface area contributed by atoms with Crippen molar-refractivity contribution in [1.29, 1.82) is 5.26 Å². The van der Waals surface area contributed by atoms with Crippen LogP contribution in [-0.4, -0.2) is 40.9 Å². The maximum atomic E-state index is 13.2. The number of hydrogen-bond acceptors (Lipinski definition) is 3. The Morgan fingerprint density at radius 3 is 2.48 bits per heavy atom. The number of benzene rings is 2. The molecule has 4 nitrogen and oxygen atoms in total. The second kappa shape index (κ2) is 8.34. The standard InChI is InChI=1S/C24H26FN3O/c25-21-9-7-19(8-10-21)18-28-15-4-12-24(28)11-3-14-27(16-13-24)23(29)22-6-2-1-5-20(22)17-26/h1-2,5-10H,3-4,11-16,18H2. The van der Waals surface area contributed by atoms with Gasteiger partial charge in [0.2, 0.25) is 0 Å². The molecular formula is C24H26FN3O. The molecule has 0 bridgehead atoms. The monoisotopic (exact) mass is 391 g/mol. The molecule has 1 atom stereocenters. The van der Waals surface area contributed by atoms with Crippen LogP contribution < -0.4 is 0 Å². The van der Waals surface area contributed by atoms with Crippen molar-refractivity contribution in [1.82, 2.24) is 9.80 Å². The fourth-order valence-corrected chi connectivity index (χ4v) is 4.94. The van der Waals surface area contributed by atoms with Crippen LogP contribution in [0.5, 0.6) is 0 Å². The molecule has 2 aliphatic heterocycles. The Kier molecular flexibility index (Phi) is 5.64. The molecule has 2 aromatic rings. The second-order valence-electron chi connectivity index (χ2n) is 8.18. The molecule has 0 N–H and O–H groups in total. The zero-order valence-corrected chi connectivity index (χ0v) is 16.6. The van der Waals surface area contributed by atoms with Crippen LogP contribution in [-0.2, 0) is 6.54 Å². The number of carbonyl (C=O) groups excluding carboxylic acids is 1. The van der Waals surface area contributed by atoms with Crippen molar-refractivity contribution in [3.63, 3.8) is 0 Å². The van der Waals surface area contributed by atoms with Gasteiger partial charge in [-0.25, -0.2) is 4.39 Å². The number of rotatable bonds is 3. The van der Waals surface area contributed by atoms with Gasteiger partial charge in [-0.05, 0) is 68.5 Å². The van der Waals surface area contributed by atoms with E-state index in [9.17, 15) is 14.4 Å². The highest BCUT2D eigenvalue weighted by Gasteiger charge is 2.42. The fraction of sp³-hybridized carbons (Fsp3) is 0.417. The van der Waals surface area contributed by atoms with Crippen LogP contribution in [0, 0.1) is 17.1 Å². The number of amides is 1. The van der Waals surface area contributed by atoms with E-state index >= 15 is 0 Å². The molecule has 0 radical (unpaired) electrons. The van der Waals surface area contributed by atoms with E-state index < -0.39 is 0 Å². The zero-order chi connectivity index (χ0) is 20.3. The number of nitrogens with zero attached hydrogens (tertiary/aromatic N) is 3. The van der Waals surface area contributed by atoms with E-state index in [1.165, 1.54) is 12.1 Å². The molecule has 0 aromatic heterocycles. The Labute approximate surface area is 171 Å². The van der Waals surface area contributed by atoms with Crippen LogP contribution in [0.4, 0.5) is 4.39 Å². The third-order valence-electron chi connectivity index (χ3n) is 6.51. The van der Waals surface area contributed by atoms with Gasteiger partial charge in [-0.3, -0.25) is 9.69 Å². The summed E-state index contributed by atoms with van der Waals surface area (Å²) < 4.78 is 13.2. The van der Waals surface area contributed by atoms with Crippen LogP contribution in [0.15, 0.2) is 48.5 Å². The predicted octanol–water partition coefficient (Wildman–Crippen LogP) is 4.36. The number of halogens is 1. The Morgan fingerprint density at radius 2 is 1.72 bits per heavy atom. The molecule has 2 fully saturated rings. The quantitative estimate of drug-likeness (QED) is 0.781. The third-order valence-corrected chi connectivity index (χ3v) is 6.51. The maximum absolute atomic E-state index is 13.2. The Hall–Kier alpha value is -2.71. The molecule has 5 heteroatoms. The smallest absolute Gasteiger partial charge is 0.255 e. The molecule has 2 aliphatic rings. The average molecular weight is 391 g/mol. The molecule has 1 spiro atoms. The summed E-state index contributed by atoms with van der Waals surface area (Å²) in [7, 11) is 0. The summed E-state index contributed by atoms with van der Waals surface area (Å²) in [5.41, 5.74) is 2.18. The van der Waals surface area contributed by atoms with E-state index in [4.69, 9.17) is 0 Å². The van der Waals surface area contributed by atoms with Gasteiger partial charge < -0.3 is 4.90 Å². The number of hydrogen-bond donors (Lipinski definition) is 0. The lowest BCUT2D eigenvalue weighted by Gasteiger charge is -2.38. The SMILES string of the molecule is N#Cc1ccccc1C(=O)N1CCCC2(CCCN2Cc2ccc(F)cc2)CC1. The van der Waals surface area contributed by atoms with Crippen molar-refractivity contribution in [3.8, 4) is 6.07 Å². The van der Waals surface area contributed by atoms with Gasteiger partial charge in [0.1, 0.15) is 5.82 Å². The summed E-state index contributed by atoms with van der Waals surface area (Å²) in [5, 5.41) is 9.33. The molecule has 2 aromatic carbocycles. The molecule has 1 unspecified atom stereocenters. The van der Waals surface area contributed by atoms with Crippen LogP contribution in [0.25, 0.3) is 0 Å². The molecule has 29 heavy (non-hydrogen) atoms. The minimum absolute atomic E-state index is 0.0396. The van der Waals surface area contributed by atoms with E-state index in [0.717, 1.165) is 57.3 Å². The van der Waals surface area contributed by atoms with Gasteiger partial charge in [-0.15, -0.1) is 0 Å². The summed E-state index contributed by atoms with van der Waals surface area (Å²) >= 11 is 0. The van der Waals surface area contributed by atoms with Gasteiger partial charge in [0.05, 0.1) is 17.2 Å². The fourth-order valence-electron chi connectivity index (χ4n) is 4.94. The maximum Gasteiger partial charge on any atom is 0.255 e. The van der Waals surface area contributed by atoms with Crippen molar-refractivity contribution in [2.45, 2.75) is 44.2 Å². The zero-order valence-electron chi connectivity index (χ0n) is 16.6. The summed E-state index contributed by atoms with van der Waals surface area (Å²) in [5.74, 6) is -0.242. The van der Waals surface area contributed by atoms with Crippen molar-refractivity contribution < 1.29 is 9.18 Å². The van der Waals surface area contributed by atoms with Gasteiger partial charge in [-0.2, -0.15) is 5.26 Å². The van der Waals surface area contributed by atoms with Gasteiger partial charge in [0.15, 0.2) is 0 Å². The van der Waals surface area contributed by atoms with Crippen LogP contribution >= 0.6 is 0 Å². The molecule has 0 saturated carbocycles. The molecule has 2 saturated heterocycles. The molecule has 0 aliphatic carbocycles. The van der Waals surface area contributed by atoms with E-state index in [1.54, 1.807) is 18.2 Å². The lowest BCUT2D eigenvalue weighted by molar-refractivity contribution is 0.0738. The average Bonchev–Trinajstić information content (AvgIpc) is 2.99. The lowest BCUT2D eigenvalue weighted by atomic mass is 9.87. The highest BCUT2D eigenvalue weighted by molar-refractivity contribution is 5.96. The van der Waals surface area contributed by atoms with E-state index in [-0.39, 0.29) is 17.3 Å². The van der Waals surface area contributed by atoms with Crippen molar-refractivity contribution >= 4 is 5.91 Å². The van der Waals surface area contributed by atoms with E-state index in [2.05, 4.69) is 11.0 Å². The van der Waals surface area contributed by atoms with Crippen LogP contribution in [0.1, 0.15) is 53.6 Å². The van der Waals surface area contributed by atoms with Crippen molar-refractivity contribution in [2.24, 2.45) is 0 Å². The van der Waals surface area contributed by atoms with E-state index in [0.29, 0.717) is 17.7 Å². The van der Waals surface area contributed by atoms with Gasteiger partial charge >= 0.3 is 0 Å². The van der Waals surface area contributed by atoms with E-state index in [1.807, 2.05) is 23.1 Å². The lowest BCUT2D eigenvalue weighted by Crippen LogP contribution is -2.44. The summed E-state index contributed by atoms with van der Waals surface area (Å²) in [6.45, 7) is 3.30. The highest BCUT2D eigenvalue weighted by Crippen LogP contribution is 2.39. The number of nitriles is 1. The molecule has 2 heterocycles. The van der Waals surface area contributed by atoms with Gasteiger partial charge in [0, 0.05) is 25.2 Å². The van der Waals surface area contributed by atoms with Crippen LogP contribution in [0.3, 0.4) is 0 Å². The van der Waals surface area contributed by atoms with Gasteiger partial charge in [-0.1, -0.05) is 24.3 Å². The topological polar surface area (TPSA) is 47.3 Å². The number of carbonyl (C=O) groups is 1. The Bertz CT molecular complexity index is 920. The van der Waals surface area contributed by atoms with Crippen molar-refractivity contribution in [2.75, 3.05) is 19.6 Å². The molecule has 150 valence electrons. The first-order chi connectivity index (χ1) is 14.1. The Balaban J connectivity index is 1.48. The third kappa shape index (κ3) is 4.04. The first-order valence-corrected chi connectivity index (χ1v) is 10.4. The largest absolute Gasteiger partial charge is 0.339 e. The normalized spacial score (nSPS) is 22.4. The minimum atomic E-state index is -0.203. The molecular weight excluding hydrogens is 365 g/mol. The first-order valence-electron chi connectivity index (χ1n) is 10.4. The predicted molar refractivity (Wildman–Crippen MR) is 110 cm³/mol. The number of likely N-dealkylation sites (tertiary alicyclic amines) is 2. The first kappa shape index (κ1) is 19.6. The summed E-state index contributed by atoms with van der Waals surface area (Å²) in [6, 6.07) is 16.0. The second-order valence-corrected chi connectivity index (χ2v) is 8.18. The molecule has 1 amide bonds. The summed E-state index contributed by atoms with van der Waals surface area (Å²) in [4.78, 5) is 17.5. The molecule has 4 rings (SSSR count). The highest BCUT2D eigenvalue weighted by atomic mass is 19.1. The minimum Gasteiger partial charge on any atom is -0.339 e. The van der Waals surface area contributed by atoms with Crippen LogP contribution in [0.2, 0.25) is 0 Å². The van der Waals surface area contributed by atoms with Gasteiger partial charge in [0.25, 0.3) is 5.91 Å². The Morgan fingerprint density at radius 1 is 1.00 bits per heavy atom.